The van der Waals surface area contributed by atoms with Crippen molar-refractivity contribution in [1.82, 2.24) is 4.57 Å². The standard InChI is InChI=1S/C64H51BN2O2S/c1-35-28-54(36-16-10-9-11-17-36)70-55-34-50-47(31-41(35)55)65-59-56(43-29-42-39-18-12-14-20-51(39)68-53(42)33-49(43)67(65)38-24-22-37(23-25-38)62(2,3)4)57-40-19-13-15-21-52(40)69-61(57)58-44-30-45-46(32-48(44)66(50)60(58)59)64(7,8)27-26-63(45,5)6/h9-25,28-34H,1,26-27H2,2-8H3. The molecule has 0 fully saturated rings. The van der Waals surface area contributed by atoms with Crippen molar-refractivity contribution < 1.29 is 8.83 Å². The van der Waals surface area contributed by atoms with Crippen LogP contribution in [0.5, 0.6) is 0 Å². The zero-order valence-electron chi connectivity index (χ0n) is 40.7. The van der Waals surface area contributed by atoms with Crippen molar-refractivity contribution in [1.29, 1.82) is 0 Å². The molecule has 8 aromatic carbocycles. The van der Waals surface area contributed by atoms with E-state index < -0.39 is 0 Å². The molecule has 15 rings (SSSR count). The highest BCUT2D eigenvalue weighted by Crippen LogP contribution is 2.56. The van der Waals surface area contributed by atoms with Crippen LogP contribution in [0.25, 0.3) is 93.0 Å². The molecule has 0 radical (unpaired) electrons. The van der Waals surface area contributed by atoms with Gasteiger partial charge in [0.1, 0.15) is 22.3 Å². The van der Waals surface area contributed by atoms with Gasteiger partial charge < -0.3 is 18.2 Å². The first-order chi connectivity index (χ1) is 33.7. The van der Waals surface area contributed by atoms with Crippen LogP contribution in [0.2, 0.25) is 0 Å². The third-order valence-corrected chi connectivity index (χ3v) is 17.8. The van der Waals surface area contributed by atoms with Crippen molar-refractivity contribution >= 4 is 117 Å². The first kappa shape index (κ1) is 40.7. The van der Waals surface area contributed by atoms with Gasteiger partial charge in [0.05, 0.1) is 16.4 Å². The van der Waals surface area contributed by atoms with E-state index in [0.717, 1.165) is 68.3 Å². The Morgan fingerprint density at radius 1 is 0.629 bits per heavy atom. The fourth-order valence-corrected chi connectivity index (χ4v) is 14.1. The Morgan fingerprint density at radius 3 is 2.06 bits per heavy atom. The van der Waals surface area contributed by atoms with E-state index in [2.05, 4.69) is 203 Å². The van der Waals surface area contributed by atoms with E-state index in [1.54, 1.807) is 0 Å². The number of furan rings is 2. The van der Waals surface area contributed by atoms with E-state index in [9.17, 15) is 0 Å². The second-order valence-corrected chi connectivity index (χ2v) is 23.9. The average Bonchev–Trinajstić information content (AvgIpc) is 4.03. The van der Waals surface area contributed by atoms with E-state index in [1.807, 2.05) is 11.8 Å². The van der Waals surface area contributed by atoms with Crippen LogP contribution in [0.15, 0.2) is 166 Å². The number of aromatic nitrogens is 1. The lowest BCUT2D eigenvalue weighted by molar-refractivity contribution is 0.332. The number of para-hydroxylation sites is 2. The molecule has 338 valence electrons. The predicted octanol–water partition coefficient (Wildman–Crippen LogP) is 16.6. The summed E-state index contributed by atoms with van der Waals surface area (Å²) in [5, 5.41) is 6.98. The highest BCUT2D eigenvalue weighted by Gasteiger charge is 2.48. The summed E-state index contributed by atoms with van der Waals surface area (Å²) >= 11 is 1.85. The monoisotopic (exact) mass is 922 g/mol. The van der Waals surface area contributed by atoms with Crippen molar-refractivity contribution in [2.45, 2.75) is 82.4 Å². The topological polar surface area (TPSA) is 34.5 Å². The van der Waals surface area contributed by atoms with Gasteiger partial charge in [0.25, 0.3) is 0 Å². The number of nitrogens with zero attached hydrogens (tertiary/aromatic N) is 2. The summed E-state index contributed by atoms with van der Waals surface area (Å²) in [4.78, 5) is 5.06. The van der Waals surface area contributed by atoms with Crippen molar-refractivity contribution in [3.05, 3.63) is 180 Å². The molecule has 0 unspecified atom stereocenters. The molecule has 0 saturated carbocycles. The number of thioether (sulfide) groups is 1. The van der Waals surface area contributed by atoms with Gasteiger partial charge in [-0.05, 0) is 134 Å². The number of anilines is 2. The molecule has 0 saturated heterocycles. The number of benzene rings is 8. The Bertz CT molecular complexity index is 4210. The summed E-state index contributed by atoms with van der Waals surface area (Å²) in [6.45, 7) is 21.3. The van der Waals surface area contributed by atoms with Gasteiger partial charge in [-0.1, -0.05) is 152 Å². The van der Waals surface area contributed by atoms with Crippen LogP contribution in [-0.4, -0.2) is 11.4 Å². The summed E-state index contributed by atoms with van der Waals surface area (Å²) in [6.07, 6.45) is 4.56. The minimum Gasteiger partial charge on any atom is -0.456 e. The zero-order chi connectivity index (χ0) is 47.3. The van der Waals surface area contributed by atoms with Crippen molar-refractivity contribution in [3.8, 4) is 16.8 Å². The third kappa shape index (κ3) is 5.35. The molecule has 4 aliphatic rings. The quantitative estimate of drug-likeness (QED) is 0.162. The summed E-state index contributed by atoms with van der Waals surface area (Å²) in [7, 11) is 0. The van der Waals surface area contributed by atoms with Gasteiger partial charge in [0, 0.05) is 65.4 Å². The number of rotatable bonds is 2. The molecule has 0 amide bonds. The van der Waals surface area contributed by atoms with Crippen molar-refractivity contribution in [3.63, 3.8) is 0 Å². The van der Waals surface area contributed by atoms with Crippen molar-refractivity contribution in [2.75, 3.05) is 4.81 Å². The summed E-state index contributed by atoms with van der Waals surface area (Å²) in [6, 6.07) is 52.2. The van der Waals surface area contributed by atoms with E-state index in [0.29, 0.717) is 0 Å². The van der Waals surface area contributed by atoms with Crippen LogP contribution in [0.1, 0.15) is 89.1 Å². The summed E-state index contributed by atoms with van der Waals surface area (Å²) < 4.78 is 16.8. The first-order valence-corrected chi connectivity index (χ1v) is 25.7. The normalized spacial score (nSPS) is 16.6. The van der Waals surface area contributed by atoms with Gasteiger partial charge in [-0.15, -0.1) is 0 Å². The molecular formula is C64H51BN2O2S. The molecule has 70 heavy (non-hydrogen) atoms. The molecule has 0 spiro atoms. The van der Waals surface area contributed by atoms with E-state index in [1.165, 1.54) is 92.5 Å². The van der Waals surface area contributed by atoms with Gasteiger partial charge in [-0.25, -0.2) is 0 Å². The lowest BCUT2D eigenvalue weighted by Crippen LogP contribution is -2.60. The van der Waals surface area contributed by atoms with Gasteiger partial charge in [-0.3, -0.25) is 0 Å². The predicted molar refractivity (Wildman–Crippen MR) is 298 cm³/mol. The molecular weight excluding hydrogens is 872 g/mol. The highest BCUT2D eigenvalue weighted by molar-refractivity contribution is 8.08. The number of hydrogen-bond acceptors (Lipinski definition) is 4. The smallest absolute Gasteiger partial charge is 0.333 e. The number of allylic oxidation sites excluding steroid dienone is 2. The maximum Gasteiger partial charge on any atom is 0.333 e. The Hall–Kier alpha value is -7.15. The van der Waals surface area contributed by atoms with Crippen LogP contribution in [0.4, 0.5) is 11.4 Å². The van der Waals surface area contributed by atoms with Crippen LogP contribution >= 0.6 is 11.8 Å². The molecule has 1 aliphatic carbocycles. The molecule has 3 aromatic heterocycles. The molecule has 6 heterocycles. The molecule has 11 aromatic rings. The van der Waals surface area contributed by atoms with Crippen LogP contribution < -0.4 is 15.7 Å². The molecule has 0 N–H and O–H groups in total. The van der Waals surface area contributed by atoms with E-state index >= 15 is 0 Å². The van der Waals surface area contributed by atoms with Crippen LogP contribution in [0, 0.1) is 0 Å². The third-order valence-electron chi connectivity index (χ3n) is 16.7. The maximum atomic E-state index is 7.35. The van der Waals surface area contributed by atoms with E-state index in [4.69, 9.17) is 15.4 Å². The maximum absolute atomic E-state index is 7.35. The fourth-order valence-electron chi connectivity index (χ4n) is 12.9. The second kappa shape index (κ2) is 13.6. The highest BCUT2D eigenvalue weighted by atomic mass is 32.2. The largest absolute Gasteiger partial charge is 0.456 e. The van der Waals surface area contributed by atoms with Crippen LogP contribution in [0.3, 0.4) is 0 Å². The van der Waals surface area contributed by atoms with Gasteiger partial charge in [0.15, 0.2) is 0 Å². The Balaban J connectivity index is 1.16. The Kier molecular flexibility index (Phi) is 7.90. The van der Waals surface area contributed by atoms with Crippen LogP contribution in [-0.2, 0) is 16.2 Å². The molecule has 3 aliphatic heterocycles. The van der Waals surface area contributed by atoms with Gasteiger partial charge in [0.2, 0.25) is 0 Å². The first-order valence-electron chi connectivity index (χ1n) is 24.9. The number of hydrogen-bond donors (Lipinski definition) is 0. The lowest BCUT2D eigenvalue weighted by Gasteiger charge is -2.43. The SMILES string of the molecule is C=C1C=C(c2ccccc2)Sc2cc3c(cc21)B1c2c(c4c5ccccc5oc4c4c5cc6c(cc5n-3c24)C(C)(C)CCC6(C)C)-c2cc3c(cc2N1c1ccc(C(C)(C)C)cc1)oc1ccccc13. The molecule has 6 heteroatoms. The summed E-state index contributed by atoms with van der Waals surface area (Å²) in [5.74, 6) is 0. The fraction of sp³-hybridized carbons (Fsp3) is 0.188. The minimum atomic E-state index is -0.220. The molecule has 0 atom stereocenters. The minimum absolute atomic E-state index is 0.00460. The average molecular weight is 923 g/mol. The van der Waals surface area contributed by atoms with Gasteiger partial charge in [-0.2, -0.15) is 0 Å². The second-order valence-electron chi connectivity index (χ2n) is 22.8. The summed E-state index contributed by atoms with van der Waals surface area (Å²) in [5.41, 5.74) is 22.1. The Morgan fingerprint density at radius 2 is 1.31 bits per heavy atom. The van der Waals surface area contributed by atoms with E-state index in [-0.39, 0.29) is 23.1 Å². The number of fused-ring (bicyclic) bond motifs is 18. The van der Waals surface area contributed by atoms with Crippen molar-refractivity contribution in [2.24, 2.45) is 0 Å². The van der Waals surface area contributed by atoms with Gasteiger partial charge >= 0.3 is 6.85 Å². The lowest BCUT2D eigenvalue weighted by atomic mass is 9.43. The molecule has 0 bridgehead atoms. The zero-order valence-corrected chi connectivity index (χ0v) is 41.5. The Labute approximate surface area is 412 Å². The molecule has 4 nitrogen and oxygen atoms in total.